The smallest absolute Gasteiger partial charge is 0.341 e. The summed E-state index contributed by atoms with van der Waals surface area (Å²) in [5.41, 5.74) is -1.14. The number of nitro benzene ring substituents is 1. The van der Waals surface area contributed by atoms with Crippen LogP contribution in [-0.2, 0) is 0 Å². The zero-order valence-corrected chi connectivity index (χ0v) is 18.4. The summed E-state index contributed by atoms with van der Waals surface area (Å²) in [6, 6.07) is 6.42. The highest BCUT2D eigenvalue weighted by molar-refractivity contribution is 5.94. The van der Waals surface area contributed by atoms with E-state index in [0.29, 0.717) is 31.4 Å². The van der Waals surface area contributed by atoms with E-state index in [9.17, 15) is 24.8 Å². The summed E-state index contributed by atoms with van der Waals surface area (Å²) in [7, 11) is 0. The van der Waals surface area contributed by atoms with E-state index < -0.39 is 33.5 Å². The molecule has 1 aliphatic heterocycles. The van der Waals surface area contributed by atoms with E-state index >= 15 is 8.78 Å². The Morgan fingerprint density at radius 3 is 2.54 bits per heavy atom. The number of aliphatic imine (C=N–C) groups is 1. The molecule has 1 aliphatic carbocycles. The number of non-ortho nitro benzene ring substituents is 1. The molecule has 180 valence electrons. The van der Waals surface area contributed by atoms with Gasteiger partial charge in [-0.25, -0.2) is 13.6 Å². The maximum absolute atomic E-state index is 15.7. The van der Waals surface area contributed by atoms with Crippen LogP contribution < -0.4 is 10.3 Å². The maximum Gasteiger partial charge on any atom is 0.341 e. The Morgan fingerprint density at radius 2 is 1.91 bits per heavy atom. The lowest BCUT2D eigenvalue weighted by atomic mass is 10.1. The molecule has 9 nitrogen and oxygen atoms in total. The Balaban J connectivity index is 1.46. The van der Waals surface area contributed by atoms with E-state index in [1.807, 2.05) is 0 Å². The number of rotatable bonds is 6. The van der Waals surface area contributed by atoms with Crippen molar-refractivity contribution in [2.24, 2.45) is 4.99 Å². The second kappa shape index (κ2) is 8.57. The first-order valence-electron chi connectivity index (χ1n) is 11.1. The first kappa shape index (κ1) is 22.6. The number of carbonyl (C=O) groups is 1. The molecule has 2 fully saturated rings. The van der Waals surface area contributed by atoms with Gasteiger partial charge < -0.3 is 14.6 Å². The van der Waals surface area contributed by atoms with Crippen LogP contribution in [0.15, 0.2) is 46.3 Å². The van der Waals surface area contributed by atoms with Gasteiger partial charge in [-0.05, 0) is 43.0 Å². The number of hydrogen-bond acceptors (Lipinski definition) is 6. The van der Waals surface area contributed by atoms with Crippen molar-refractivity contribution in [1.29, 1.82) is 0 Å². The number of carboxylic acid groups (broad SMARTS) is 1. The molecule has 0 spiro atoms. The van der Waals surface area contributed by atoms with Crippen LogP contribution in [0.2, 0.25) is 0 Å². The highest BCUT2D eigenvalue weighted by atomic mass is 19.1. The molecule has 1 N–H and O–H groups in total. The number of carboxylic acids is 1. The Kier molecular flexibility index (Phi) is 5.54. The van der Waals surface area contributed by atoms with Crippen molar-refractivity contribution in [3.05, 3.63) is 79.6 Å². The molecular formula is C24H20F2N4O5. The molecule has 1 saturated heterocycles. The van der Waals surface area contributed by atoms with Gasteiger partial charge in [0.25, 0.3) is 5.69 Å². The van der Waals surface area contributed by atoms with Crippen LogP contribution in [-0.4, -0.2) is 45.9 Å². The lowest BCUT2D eigenvalue weighted by Gasteiger charge is -2.22. The summed E-state index contributed by atoms with van der Waals surface area (Å²) in [5, 5.41) is 19.8. The topological polar surface area (TPSA) is 118 Å². The predicted molar refractivity (Wildman–Crippen MR) is 125 cm³/mol. The molecule has 1 saturated carbocycles. The second-order valence-electron chi connectivity index (χ2n) is 8.75. The minimum Gasteiger partial charge on any atom is -0.477 e. The standard InChI is InChI=1S/C24H20F2N4O5/c25-19-9-17-21(29(15-5-6-15)12-18(23(17)31)24(32)33)20(26)22(19)28-8-7-14(11-28)27-10-13-1-3-16(4-2-13)30(34)35/h1-4,9-10,12,14-15H,5-8,11H2,(H,32,33). The quantitative estimate of drug-likeness (QED) is 0.323. The minimum absolute atomic E-state index is 0.0309. The van der Waals surface area contributed by atoms with E-state index in [1.165, 1.54) is 21.6 Å². The van der Waals surface area contributed by atoms with Crippen LogP contribution in [0, 0.1) is 21.7 Å². The molecule has 5 rings (SSSR count). The summed E-state index contributed by atoms with van der Waals surface area (Å²) >= 11 is 0. The van der Waals surface area contributed by atoms with Crippen LogP contribution in [0.5, 0.6) is 0 Å². The Bertz CT molecular complexity index is 1450. The van der Waals surface area contributed by atoms with Gasteiger partial charge in [0.05, 0.1) is 21.9 Å². The molecule has 0 amide bonds. The third-order valence-corrected chi connectivity index (χ3v) is 6.37. The number of anilines is 1. The third kappa shape index (κ3) is 4.13. The normalized spacial score (nSPS) is 18.0. The van der Waals surface area contributed by atoms with Crippen LogP contribution in [0.1, 0.15) is 41.2 Å². The number of aromatic nitrogens is 1. The summed E-state index contributed by atoms with van der Waals surface area (Å²) in [4.78, 5) is 40.4. The Hall–Kier alpha value is -4.15. The van der Waals surface area contributed by atoms with Gasteiger partial charge in [-0.3, -0.25) is 19.9 Å². The number of pyridine rings is 1. The molecule has 2 aromatic carbocycles. The largest absolute Gasteiger partial charge is 0.477 e. The number of fused-ring (bicyclic) bond motifs is 1. The summed E-state index contributed by atoms with van der Waals surface area (Å²) in [6.07, 6.45) is 4.69. The summed E-state index contributed by atoms with van der Waals surface area (Å²) in [6.45, 7) is 0.576. The van der Waals surface area contributed by atoms with Crippen LogP contribution in [0.4, 0.5) is 20.2 Å². The highest BCUT2D eigenvalue weighted by Gasteiger charge is 2.32. The van der Waals surface area contributed by atoms with Crippen molar-refractivity contribution >= 4 is 34.5 Å². The van der Waals surface area contributed by atoms with Gasteiger partial charge in [0, 0.05) is 43.7 Å². The first-order chi connectivity index (χ1) is 16.7. The average molecular weight is 482 g/mol. The molecule has 0 bridgehead atoms. The minimum atomic E-state index is -1.44. The molecule has 3 aromatic rings. The van der Waals surface area contributed by atoms with Crippen LogP contribution >= 0.6 is 0 Å². The zero-order chi connectivity index (χ0) is 24.9. The maximum atomic E-state index is 15.7. The number of halogens is 2. The van der Waals surface area contributed by atoms with Crippen molar-refractivity contribution in [2.75, 3.05) is 18.0 Å². The van der Waals surface area contributed by atoms with Crippen LogP contribution in [0.3, 0.4) is 0 Å². The van der Waals surface area contributed by atoms with E-state index in [-0.39, 0.29) is 40.9 Å². The van der Waals surface area contributed by atoms with Crippen molar-refractivity contribution in [2.45, 2.75) is 31.3 Å². The van der Waals surface area contributed by atoms with E-state index in [2.05, 4.69) is 4.99 Å². The summed E-state index contributed by atoms with van der Waals surface area (Å²) < 4.78 is 32.3. The molecule has 1 unspecified atom stereocenters. The van der Waals surface area contributed by atoms with Crippen molar-refractivity contribution in [3.8, 4) is 0 Å². The molecule has 2 heterocycles. The highest BCUT2D eigenvalue weighted by Crippen LogP contribution is 2.40. The van der Waals surface area contributed by atoms with Gasteiger partial charge in [-0.2, -0.15) is 0 Å². The molecule has 11 heteroatoms. The second-order valence-corrected chi connectivity index (χ2v) is 8.75. The number of benzene rings is 2. The molecule has 1 aromatic heterocycles. The van der Waals surface area contributed by atoms with Gasteiger partial charge in [-0.15, -0.1) is 0 Å². The van der Waals surface area contributed by atoms with E-state index in [0.717, 1.165) is 12.3 Å². The van der Waals surface area contributed by atoms with Crippen molar-refractivity contribution in [3.63, 3.8) is 0 Å². The van der Waals surface area contributed by atoms with E-state index in [4.69, 9.17) is 0 Å². The molecule has 35 heavy (non-hydrogen) atoms. The monoisotopic (exact) mass is 482 g/mol. The lowest BCUT2D eigenvalue weighted by molar-refractivity contribution is -0.384. The molecule has 1 atom stereocenters. The van der Waals surface area contributed by atoms with Crippen molar-refractivity contribution < 1.29 is 23.6 Å². The zero-order valence-electron chi connectivity index (χ0n) is 18.4. The van der Waals surface area contributed by atoms with Gasteiger partial charge >= 0.3 is 5.97 Å². The lowest BCUT2D eigenvalue weighted by Crippen LogP contribution is -2.25. The Morgan fingerprint density at radius 1 is 1.20 bits per heavy atom. The summed E-state index contributed by atoms with van der Waals surface area (Å²) in [5.74, 6) is -3.26. The van der Waals surface area contributed by atoms with Crippen molar-refractivity contribution in [1.82, 2.24) is 4.57 Å². The first-order valence-corrected chi connectivity index (χ1v) is 11.1. The molecule has 2 aliphatic rings. The molecule has 0 radical (unpaired) electrons. The fourth-order valence-corrected chi connectivity index (χ4v) is 4.45. The van der Waals surface area contributed by atoms with Crippen LogP contribution in [0.25, 0.3) is 10.9 Å². The SMILES string of the molecule is O=C(O)c1cn(C2CC2)c2c(F)c(N3CCC(N=Cc4ccc([N+](=O)[O-])cc4)C3)c(F)cc2c1=O. The number of hydrogen-bond donors (Lipinski definition) is 1. The Labute approximate surface area is 197 Å². The number of nitro groups is 1. The fraction of sp³-hybridized carbons (Fsp3) is 0.292. The predicted octanol–water partition coefficient (Wildman–Crippen LogP) is 3.92. The van der Waals surface area contributed by atoms with Gasteiger partial charge in [-0.1, -0.05) is 0 Å². The number of nitrogens with zero attached hydrogens (tertiary/aromatic N) is 4. The van der Waals surface area contributed by atoms with Gasteiger partial charge in [0.2, 0.25) is 5.43 Å². The third-order valence-electron chi connectivity index (χ3n) is 6.37. The average Bonchev–Trinajstić information content (AvgIpc) is 3.56. The van der Waals surface area contributed by atoms with Gasteiger partial charge in [0.1, 0.15) is 17.1 Å². The van der Waals surface area contributed by atoms with E-state index in [1.54, 1.807) is 18.3 Å². The number of aromatic carboxylic acids is 1. The fourth-order valence-electron chi connectivity index (χ4n) is 4.45. The van der Waals surface area contributed by atoms with Gasteiger partial charge in [0.15, 0.2) is 5.82 Å². The molecular weight excluding hydrogens is 462 g/mol.